The van der Waals surface area contributed by atoms with Gasteiger partial charge in [-0.25, -0.2) is 0 Å². The van der Waals surface area contributed by atoms with Crippen molar-refractivity contribution in [2.45, 2.75) is 0 Å². The number of nitro groups is 1. The smallest absolute Gasteiger partial charge is 0.270 e. The molecule has 8 heteroatoms. The van der Waals surface area contributed by atoms with Gasteiger partial charge in [-0.15, -0.1) is 0 Å². The van der Waals surface area contributed by atoms with Crippen LogP contribution < -0.4 is 11.1 Å². The van der Waals surface area contributed by atoms with Gasteiger partial charge in [0.2, 0.25) is 5.91 Å². The average Bonchev–Trinajstić information content (AvgIpc) is 2.35. The summed E-state index contributed by atoms with van der Waals surface area (Å²) in [5, 5.41) is 22.2. The maximum absolute atomic E-state index is 11.6. The van der Waals surface area contributed by atoms with Crippen LogP contribution in [0.2, 0.25) is 0 Å². The molecule has 0 spiro atoms. The first-order valence-electron chi connectivity index (χ1n) is 4.93. The Hall–Kier alpha value is -2.48. The summed E-state index contributed by atoms with van der Waals surface area (Å²) in [6, 6.07) is 3.08. The van der Waals surface area contributed by atoms with Crippen LogP contribution >= 0.6 is 0 Å². The molecule has 0 aromatic heterocycles. The van der Waals surface area contributed by atoms with E-state index in [2.05, 4.69) is 5.32 Å². The van der Waals surface area contributed by atoms with E-state index in [1.54, 1.807) is 0 Å². The van der Waals surface area contributed by atoms with Crippen molar-refractivity contribution in [3.63, 3.8) is 0 Å². The third-order valence-corrected chi connectivity index (χ3v) is 2.12. The highest BCUT2D eigenvalue weighted by molar-refractivity contribution is 6.02. The Kier molecular flexibility index (Phi) is 4.33. The topological polar surface area (TPSA) is 136 Å². The molecule has 1 aromatic rings. The van der Waals surface area contributed by atoms with E-state index < -0.39 is 16.6 Å². The number of ketones is 1. The molecule has 8 nitrogen and oxygen atoms in total. The summed E-state index contributed by atoms with van der Waals surface area (Å²) in [4.78, 5) is 32.3. The molecule has 18 heavy (non-hydrogen) atoms. The van der Waals surface area contributed by atoms with Crippen molar-refractivity contribution in [3.8, 4) is 5.75 Å². The lowest BCUT2D eigenvalue weighted by molar-refractivity contribution is -0.384. The average molecular weight is 253 g/mol. The first kappa shape index (κ1) is 13.6. The fraction of sp³-hybridized carbons (Fsp3) is 0.200. The van der Waals surface area contributed by atoms with Crippen LogP contribution in [-0.2, 0) is 4.79 Å². The van der Waals surface area contributed by atoms with Crippen molar-refractivity contribution in [1.82, 2.24) is 5.32 Å². The molecule has 0 fully saturated rings. The standard InChI is InChI=1S/C10H11N3O5/c11-4-10(16)12-5-9(15)7-3-6(13(17)18)1-2-8(7)14/h1-3,14H,4-5,11H2,(H,12,16). The van der Waals surface area contributed by atoms with Crippen molar-refractivity contribution in [2.24, 2.45) is 5.73 Å². The van der Waals surface area contributed by atoms with E-state index >= 15 is 0 Å². The van der Waals surface area contributed by atoms with Gasteiger partial charge in [-0.05, 0) is 6.07 Å². The van der Waals surface area contributed by atoms with Gasteiger partial charge in [0.1, 0.15) is 5.75 Å². The van der Waals surface area contributed by atoms with Crippen molar-refractivity contribution in [2.75, 3.05) is 13.1 Å². The number of carbonyl (C=O) groups is 2. The number of nitrogens with one attached hydrogen (secondary N) is 1. The molecule has 0 aliphatic carbocycles. The van der Waals surface area contributed by atoms with Crippen LogP contribution in [0, 0.1) is 10.1 Å². The number of hydrogen-bond acceptors (Lipinski definition) is 6. The van der Waals surface area contributed by atoms with Crippen LogP contribution in [0.3, 0.4) is 0 Å². The summed E-state index contributed by atoms with van der Waals surface area (Å²) < 4.78 is 0. The van der Waals surface area contributed by atoms with Gasteiger partial charge in [0, 0.05) is 12.1 Å². The zero-order valence-corrected chi connectivity index (χ0v) is 9.25. The highest BCUT2D eigenvalue weighted by atomic mass is 16.6. The summed E-state index contributed by atoms with van der Waals surface area (Å²) >= 11 is 0. The fourth-order valence-electron chi connectivity index (χ4n) is 1.21. The quantitative estimate of drug-likeness (QED) is 0.369. The Labute approximate surface area is 102 Å². The number of phenols is 1. The SMILES string of the molecule is NCC(=O)NCC(=O)c1cc([N+](=O)[O-])ccc1O. The Balaban J connectivity index is 2.87. The highest BCUT2D eigenvalue weighted by Crippen LogP contribution is 2.23. The minimum absolute atomic E-state index is 0.221. The zero-order chi connectivity index (χ0) is 13.7. The number of nitrogens with two attached hydrogens (primary N) is 1. The predicted octanol–water partition coefficient (Wildman–Crippen LogP) is -0.442. The highest BCUT2D eigenvalue weighted by Gasteiger charge is 2.16. The Bertz CT molecular complexity index is 500. The van der Waals surface area contributed by atoms with E-state index in [4.69, 9.17) is 5.73 Å². The third-order valence-electron chi connectivity index (χ3n) is 2.12. The molecule has 0 bridgehead atoms. The van der Waals surface area contributed by atoms with Gasteiger partial charge in [-0.3, -0.25) is 19.7 Å². The maximum atomic E-state index is 11.6. The lowest BCUT2D eigenvalue weighted by Gasteiger charge is -2.05. The molecule has 0 heterocycles. The maximum Gasteiger partial charge on any atom is 0.270 e. The number of aromatic hydroxyl groups is 1. The summed E-state index contributed by atoms with van der Waals surface area (Å²) in [6.07, 6.45) is 0. The van der Waals surface area contributed by atoms with Crippen LogP contribution in [0.25, 0.3) is 0 Å². The van der Waals surface area contributed by atoms with Crippen LogP contribution in [-0.4, -0.2) is 34.8 Å². The summed E-state index contributed by atoms with van der Waals surface area (Å²) in [7, 11) is 0. The predicted molar refractivity (Wildman–Crippen MR) is 61.2 cm³/mol. The number of benzene rings is 1. The second-order valence-electron chi connectivity index (χ2n) is 3.36. The summed E-state index contributed by atoms with van der Waals surface area (Å²) in [5.41, 5.74) is 4.49. The molecule has 1 aromatic carbocycles. The zero-order valence-electron chi connectivity index (χ0n) is 9.25. The molecule has 0 atom stereocenters. The number of Topliss-reactive ketones (excluding diaryl/α,β-unsaturated/α-hetero) is 1. The lowest BCUT2D eigenvalue weighted by Crippen LogP contribution is -2.34. The van der Waals surface area contributed by atoms with Gasteiger partial charge in [0.05, 0.1) is 23.6 Å². The van der Waals surface area contributed by atoms with Crippen molar-refractivity contribution >= 4 is 17.4 Å². The molecular weight excluding hydrogens is 242 g/mol. The molecular formula is C10H11N3O5. The van der Waals surface area contributed by atoms with Gasteiger partial charge in [0.25, 0.3) is 5.69 Å². The van der Waals surface area contributed by atoms with Gasteiger partial charge in [-0.1, -0.05) is 0 Å². The Morgan fingerprint density at radius 3 is 2.67 bits per heavy atom. The number of rotatable bonds is 5. The number of nitro benzene ring substituents is 1. The first-order chi connectivity index (χ1) is 8.45. The molecule has 0 saturated carbocycles. The Morgan fingerprint density at radius 1 is 1.44 bits per heavy atom. The normalized spacial score (nSPS) is 9.83. The second kappa shape index (κ2) is 5.73. The summed E-state index contributed by atoms with van der Waals surface area (Å²) in [6.45, 7) is -0.654. The van der Waals surface area contributed by atoms with E-state index in [-0.39, 0.29) is 30.1 Å². The minimum Gasteiger partial charge on any atom is -0.507 e. The van der Waals surface area contributed by atoms with Gasteiger partial charge < -0.3 is 16.2 Å². The molecule has 0 aliphatic rings. The number of hydrogen-bond donors (Lipinski definition) is 3. The van der Waals surface area contributed by atoms with Gasteiger partial charge in [0.15, 0.2) is 5.78 Å². The van der Waals surface area contributed by atoms with E-state index in [0.717, 1.165) is 18.2 Å². The van der Waals surface area contributed by atoms with Crippen LogP contribution in [0.1, 0.15) is 10.4 Å². The summed E-state index contributed by atoms with van der Waals surface area (Å²) in [5.74, 6) is -1.56. The van der Waals surface area contributed by atoms with E-state index in [1.807, 2.05) is 0 Å². The van der Waals surface area contributed by atoms with Crippen molar-refractivity contribution in [3.05, 3.63) is 33.9 Å². The minimum atomic E-state index is -0.686. The van der Waals surface area contributed by atoms with Gasteiger partial charge in [-0.2, -0.15) is 0 Å². The molecule has 0 radical (unpaired) electrons. The van der Waals surface area contributed by atoms with E-state index in [9.17, 15) is 24.8 Å². The number of carbonyl (C=O) groups excluding carboxylic acids is 2. The monoisotopic (exact) mass is 253 g/mol. The fourth-order valence-corrected chi connectivity index (χ4v) is 1.21. The number of non-ortho nitro benzene ring substituents is 1. The molecule has 1 rings (SSSR count). The van der Waals surface area contributed by atoms with Crippen LogP contribution in [0.15, 0.2) is 18.2 Å². The van der Waals surface area contributed by atoms with Gasteiger partial charge >= 0.3 is 0 Å². The number of amides is 1. The molecule has 0 aliphatic heterocycles. The van der Waals surface area contributed by atoms with Crippen LogP contribution in [0.5, 0.6) is 5.75 Å². The first-order valence-corrected chi connectivity index (χ1v) is 4.93. The van der Waals surface area contributed by atoms with E-state index in [1.165, 1.54) is 0 Å². The third kappa shape index (κ3) is 3.25. The molecule has 4 N–H and O–H groups in total. The molecule has 0 unspecified atom stereocenters. The molecule has 1 amide bonds. The Morgan fingerprint density at radius 2 is 2.11 bits per heavy atom. The largest absolute Gasteiger partial charge is 0.507 e. The van der Waals surface area contributed by atoms with E-state index in [0.29, 0.717) is 0 Å². The number of nitrogens with zero attached hydrogens (tertiary/aromatic N) is 1. The molecule has 96 valence electrons. The lowest BCUT2D eigenvalue weighted by atomic mass is 10.1. The van der Waals surface area contributed by atoms with Crippen LogP contribution in [0.4, 0.5) is 5.69 Å². The molecule has 0 saturated heterocycles. The number of phenolic OH excluding ortho intramolecular Hbond substituents is 1. The second-order valence-corrected chi connectivity index (χ2v) is 3.36. The van der Waals surface area contributed by atoms with Crippen molar-refractivity contribution < 1.29 is 19.6 Å². The van der Waals surface area contributed by atoms with Crippen molar-refractivity contribution in [1.29, 1.82) is 0 Å².